The first-order valence-electron chi connectivity index (χ1n) is 7.61. The molecule has 0 aromatic carbocycles. The van der Waals surface area contributed by atoms with Crippen LogP contribution in [0.25, 0.3) is 0 Å². The molecule has 0 spiro atoms. The molecule has 1 aliphatic heterocycles. The minimum Gasteiger partial charge on any atom is -0.357 e. The number of nitrogens with one attached hydrogen (secondary N) is 2. The normalized spacial score (nSPS) is 22.6. The molecule has 2 rings (SSSR count). The second-order valence-corrected chi connectivity index (χ2v) is 8.66. The lowest BCUT2D eigenvalue weighted by molar-refractivity contribution is 0.584. The fourth-order valence-corrected chi connectivity index (χ4v) is 4.57. The van der Waals surface area contributed by atoms with E-state index in [0.29, 0.717) is 11.3 Å². The van der Waals surface area contributed by atoms with Gasteiger partial charge in [0.15, 0.2) is 5.96 Å². The van der Waals surface area contributed by atoms with E-state index < -0.39 is 0 Å². The third-order valence-corrected chi connectivity index (χ3v) is 6.25. The van der Waals surface area contributed by atoms with Crippen molar-refractivity contribution in [1.29, 1.82) is 0 Å². The molecule has 0 radical (unpaired) electrons. The molecule has 1 unspecified atom stereocenters. The predicted molar refractivity (Wildman–Crippen MR) is 94.5 cm³/mol. The van der Waals surface area contributed by atoms with Crippen molar-refractivity contribution >= 4 is 29.1 Å². The zero-order valence-electron chi connectivity index (χ0n) is 13.5. The molecule has 0 amide bonds. The molecular weight excluding hydrogens is 300 g/mol. The summed E-state index contributed by atoms with van der Waals surface area (Å²) in [4.78, 5) is 10.4. The van der Waals surface area contributed by atoms with Crippen molar-refractivity contribution in [2.75, 3.05) is 18.8 Å². The highest BCUT2D eigenvalue weighted by atomic mass is 32.2. The largest absolute Gasteiger partial charge is 0.357 e. The van der Waals surface area contributed by atoms with Gasteiger partial charge in [0.1, 0.15) is 0 Å². The van der Waals surface area contributed by atoms with E-state index in [-0.39, 0.29) is 0 Å². The van der Waals surface area contributed by atoms with Crippen LogP contribution in [0.15, 0.2) is 4.99 Å². The van der Waals surface area contributed by atoms with Crippen LogP contribution in [0.3, 0.4) is 0 Å². The third-order valence-electron chi connectivity index (χ3n) is 3.65. The van der Waals surface area contributed by atoms with Crippen LogP contribution in [0, 0.1) is 13.8 Å². The van der Waals surface area contributed by atoms with Gasteiger partial charge in [-0.05, 0) is 46.3 Å². The molecule has 0 bridgehead atoms. The summed E-state index contributed by atoms with van der Waals surface area (Å²) in [6.07, 6.45) is 2.62. The fourth-order valence-electron chi connectivity index (χ4n) is 2.46. The average molecular weight is 327 g/mol. The first kappa shape index (κ1) is 16.6. The van der Waals surface area contributed by atoms with Crippen molar-refractivity contribution in [2.24, 2.45) is 4.99 Å². The lowest BCUT2D eigenvalue weighted by Gasteiger charge is -2.24. The Labute approximate surface area is 136 Å². The number of aryl methyl sites for hydroxylation is 2. The summed E-state index contributed by atoms with van der Waals surface area (Å²) in [6, 6.07) is 0. The Morgan fingerprint density at radius 2 is 2.19 bits per heavy atom. The molecule has 1 saturated heterocycles. The zero-order chi connectivity index (χ0) is 15.3. The molecule has 4 nitrogen and oxygen atoms in total. The van der Waals surface area contributed by atoms with E-state index >= 15 is 0 Å². The van der Waals surface area contributed by atoms with Crippen molar-refractivity contribution in [3.8, 4) is 0 Å². The lowest BCUT2D eigenvalue weighted by atomic mass is 10.1. The highest BCUT2D eigenvalue weighted by Crippen LogP contribution is 2.36. The molecule has 6 heteroatoms. The summed E-state index contributed by atoms with van der Waals surface area (Å²) in [5.41, 5.74) is 1.11. The molecular formula is C15H26N4S2. The number of thiazole rings is 1. The molecule has 1 aromatic rings. The van der Waals surface area contributed by atoms with Crippen molar-refractivity contribution in [3.63, 3.8) is 0 Å². The summed E-state index contributed by atoms with van der Waals surface area (Å²) in [5, 5.41) is 7.95. The number of hydrogen-bond donors (Lipinski definition) is 2. The minimum absolute atomic E-state index is 0.354. The summed E-state index contributed by atoms with van der Waals surface area (Å²) in [6.45, 7) is 11.1. The van der Waals surface area contributed by atoms with Crippen LogP contribution in [-0.2, 0) is 6.54 Å². The van der Waals surface area contributed by atoms with Gasteiger partial charge in [0.05, 0.1) is 17.2 Å². The van der Waals surface area contributed by atoms with Gasteiger partial charge in [0.25, 0.3) is 0 Å². The Hall–Kier alpha value is -0.750. The first-order valence-corrected chi connectivity index (χ1v) is 9.42. The zero-order valence-corrected chi connectivity index (χ0v) is 15.1. The summed E-state index contributed by atoms with van der Waals surface area (Å²) < 4.78 is 0.354. The number of thioether (sulfide) groups is 1. The van der Waals surface area contributed by atoms with Gasteiger partial charge in [0, 0.05) is 22.7 Å². The van der Waals surface area contributed by atoms with Crippen LogP contribution >= 0.6 is 23.1 Å². The highest BCUT2D eigenvalue weighted by Gasteiger charge is 2.29. The molecule has 1 fully saturated rings. The summed E-state index contributed by atoms with van der Waals surface area (Å²) in [5.74, 6) is 2.20. The molecule has 1 aliphatic rings. The fraction of sp³-hybridized carbons (Fsp3) is 0.733. The molecule has 1 atom stereocenters. The summed E-state index contributed by atoms with van der Waals surface area (Å²) in [7, 11) is 0. The SMILES string of the molecule is CCNC(=NCc1sc(C)nc1C)NCC1(C)CCCS1. The van der Waals surface area contributed by atoms with Gasteiger partial charge in [-0.3, -0.25) is 0 Å². The Bertz CT molecular complexity index is 490. The Morgan fingerprint density at radius 1 is 1.38 bits per heavy atom. The summed E-state index contributed by atoms with van der Waals surface area (Å²) >= 11 is 3.81. The molecule has 1 aromatic heterocycles. The smallest absolute Gasteiger partial charge is 0.191 e. The van der Waals surface area contributed by atoms with E-state index in [1.165, 1.54) is 23.5 Å². The molecule has 2 heterocycles. The van der Waals surface area contributed by atoms with E-state index in [1.807, 2.05) is 6.92 Å². The second kappa shape index (κ2) is 7.49. The van der Waals surface area contributed by atoms with Gasteiger partial charge in [-0.1, -0.05) is 0 Å². The van der Waals surface area contributed by atoms with E-state index in [2.05, 4.69) is 48.2 Å². The van der Waals surface area contributed by atoms with Crippen molar-refractivity contribution < 1.29 is 0 Å². The quantitative estimate of drug-likeness (QED) is 0.645. The van der Waals surface area contributed by atoms with Gasteiger partial charge >= 0.3 is 0 Å². The van der Waals surface area contributed by atoms with E-state index in [4.69, 9.17) is 4.99 Å². The number of nitrogens with zero attached hydrogens (tertiary/aromatic N) is 2. The maximum atomic E-state index is 4.71. The van der Waals surface area contributed by atoms with E-state index in [1.54, 1.807) is 11.3 Å². The Morgan fingerprint density at radius 3 is 2.76 bits per heavy atom. The molecule has 0 saturated carbocycles. The Balaban J connectivity index is 1.94. The second-order valence-electron chi connectivity index (χ2n) is 5.69. The van der Waals surface area contributed by atoms with E-state index in [9.17, 15) is 0 Å². The number of aromatic nitrogens is 1. The monoisotopic (exact) mass is 326 g/mol. The highest BCUT2D eigenvalue weighted by molar-refractivity contribution is 8.00. The van der Waals surface area contributed by atoms with Gasteiger partial charge in [-0.2, -0.15) is 11.8 Å². The van der Waals surface area contributed by atoms with Crippen LogP contribution in [-0.4, -0.2) is 34.5 Å². The Kier molecular flexibility index (Phi) is 5.93. The van der Waals surface area contributed by atoms with Crippen LogP contribution in [0.1, 0.15) is 42.3 Å². The maximum Gasteiger partial charge on any atom is 0.191 e. The van der Waals surface area contributed by atoms with Crippen molar-refractivity contribution in [2.45, 2.75) is 51.8 Å². The first-order chi connectivity index (χ1) is 10.0. The topological polar surface area (TPSA) is 49.3 Å². The van der Waals surface area contributed by atoms with Gasteiger partial charge in [-0.15, -0.1) is 11.3 Å². The molecule has 118 valence electrons. The lowest BCUT2D eigenvalue weighted by Crippen LogP contribution is -2.43. The van der Waals surface area contributed by atoms with Crippen LogP contribution in [0.5, 0.6) is 0 Å². The van der Waals surface area contributed by atoms with Gasteiger partial charge < -0.3 is 10.6 Å². The van der Waals surface area contributed by atoms with Gasteiger partial charge in [0.2, 0.25) is 0 Å². The van der Waals surface area contributed by atoms with Gasteiger partial charge in [-0.25, -0.2) is 9.98 Å². The van der Waals surface area contributed by atoms with E-state index in [0.717, 1.165) is 29.8 Å². The molecule has 21 heavy (non-hydrogen) atoms. The van der Waals surface area contributed by atoms with Crippen molar-refractivity contribution in [1.82, 2.24) is 15.6 Å². The number of guanidine groups is 1. The minimum atomic E-state index is 0.354. The molecule has 0 aliphatic carbocycles. The van der Waals surface area contributed by atoms with Crippen LogP contribution < -0.4 is 10.6 Å². The number of hydrogen-bond acceptors (Lipinski definition) is 4. The number of rotatable bonds is 5. The molecule has 2 N–H and O–H groups in total. The van der Waals surface area contributed by atoms with Crippen LogP contribution in [0.2, 0.25) is 0 Å². The van der Waals surface area contributed by atoms with Crippen molar-refractivity contribution in [3.05, 3.63) is 15.6 Å². The van der Waals surface area contributed by atoms with Crippen LogP contribution in [0.4, 0.5) is 0 Å². The predicted octanol–water partition coefficient (Wildman–Crippen LogP) is 3.10. The average Bonchev–Trinajstić information content (AvgIpc) is 3.00. The standard InChI is InChI=1S/C15H26N4S2/c1-5-16-14(18-10-15(4)7-6-8-20-15)17-9-13-11(2)19-12(3)21-13/h5-10H2,1-4H3,(H2,16,17,18). The number of aliphatic imine (C=N–C) groups is 1. The maximum absolute atomic E-state index is 4.71. The third kappa shape index (κ3) is 4.88.